The monoisotopic (exact) mass is 356 g/mol. The standard InChI is InChI=1S/C23H20N2O2/c1-27-20-8-4-17(5-9-20)21(13-16-3-2-12-24-15-16)18-6-10-22-19(14-18)7-11-23(26)25-22/h2-6,8-10,12-15H,7,11H2,1H3,(H,25,26)/b21-13+. The van der Waals surface area contributed by atoms with Crippen molar-refractivity contribution in [3.8, 4) is 5.75 Å². The maximum absolute atomic E-state index is 11.6. The van der Waals surface area contributed by atoms with Gasteiger partial charge in [-0.3, -0.25) is 9.78 Å². The third-order valence-electron chi connectivity index (χ3n) is 4.71. The van der Waals surface area contributed by atoms with Gasteiger partial charge in [-0.05, 0) is 70.7 Å². The first-order valence-corrected chi connectivity index (χ1v) is 8.92. The Bertz CT molecular complexity index is 993. The third-order valence-corrected chi connectivity index (χ3v) is 4.71. The topological polar surface area (TPSA) is 51.2 Å². The van der Waals surface area contributed by atoms with E-state index in [1.54, 1.807) is 13.3 Å². The summed E-state index contributed by atoms with van der Waals surface area (Å²) < 4.78 is 5.29. The van der Waals surface area contributed by atoms with E-state index in [-0.39, 0.29) is 5.91 Å². The van der Waals surface area contributed by atoms with Gasteiger partial charge >= 0.3 is 0 Å². The number of amides is 1. The number of anilines is 1. The Kier molecular flexibility index (Phi) is 4.71. The first kappa shape index (κ1) is 17.0. The molecule has 0 radical (unpaired) electrons. The molecule has 0 fully saturated rings. The molecule has 0 saturated heterocycles. The number of hydrogen-bond donors (Lipinski definition) is 1. The Hall–Kier alpha value is -3.40. The number of carbonyl (C=O) groups is 1. The smallest absolute Gasteiger partial charge is 0.224 e. The number of nitrogens with zero attached hydrogens (tertiary/aromatic N) is 1. The molecule has 0 spiro atoms. The number of aryl methyl sites for hydroxylation is 1. The fraction of sp³-hybridized carbons (Fsp3) is 0.130. The largest absolute Gasteiger partial charge is 0.497 e. The molecule has 0 atom stereocenters. The van der Waals surface area contributed by atoms with Gasteiger partial charge < -0.3 is 10.1 Å². The van der Waals surface area contributed by atoms with Crippen molar-refractivity contribution in [2.45, 2.75) is 12.8 Å². The van der Waals surface area contributed by atoms with Crippen LogP contribution >= 0.6 is 0 Å². The Balaban J connectivity index is 1.80. The SMILES string of the molecule is COc1ccc(/C(=C\c2cccnc2)c2ccc3c(c2)CCC(=O)N3)cc1. The van der Waals surface area contributed by atoms with Gasteiger partial charge in [0, 0.05) is 24.5 Å². The van der Waals surface area contributed by atoms with Crippen molar-refractivity contribution in [3.05, 3.63) is 89.2 Å². The Morgan fingerprint density at radius 1 is 1.07 bits per heavy atom. The van der Waals surface area contributed by atoms with E-state index in [1.165, 1.54) is 0 Å². The van der Waals surface area contributed by atoms with Crippen LogP contribution in [0.2, 0.25) is 0 Å². The highest BCUT2D eigenvalue weighted by Gasteiger charge is 2.16. The van der Waals surface area contributed by atoms with Crippen LogP contribution in [0.25, 0.3) is 11.6 Å². The van der Waals surface area contributed by atoms with E-state index in [2.05, 4.69) is 40.6 Å². The van der Waals surface area contributed by atoms with Gasteiger partial charge in [0.2, 0.25) is 5.91 Å². The minimum absolute atomic E-state index is 0.0801. The highest BCUT2D eigenvalue weighted by atomic mass is 16.5. The summed E-state index contributed by atoms with van der Waals surface area (Å²) in [6.45, 7) is 0. The predicted molar refractivity (Wildman–Crippen MR) is 108 cm³/mol. The van der Waals surface area contributed by atoms with Gasteiger partial charge in [0.25, 0.3) is 0 Å². The molecule has 27 heavy (non-hydrogen) atoms. The van der Waals surface area contributed by atoms with Crippen molar-refractivity contribution in [1.29, 1.82) is 0 Å². The first-order chi connectivity index (χ1) is 13.2. The van der Waals surface area contributed by atoms with Crippen molar-refractivity contribution in [3.63, 3.8) is 0 Å². The minimum Gasteiger partial charge on any atom is -0.497 e. The maximum Gasteiger partial charge on any atom is 0.224 e. The molecule has 0 saturated carbocycles. The second-order valence-electron chi connectivity index (χ2n) is 6.49. The van der Waals surface area contributed by atoms with Crippen molar-refractivity contribution in [1.82, 2.24) is 4.98 Å². The lowest BCUT2D eigenvalue weighted by atomic mass is 9.92. The van der Waals surface area contributed by atoms with Gasteiger partial charge in [-0.1, -0.05) is 24.3 Å². The van der Waals surface area contributed by atoms with E-state index in [0.29, 0.717) is 6.42 Å². The molecule has 4 heteroatoms. The quantitative estimate of drug-likeness (QED) is 0.745. The fourth-order valence-electron chi connectivity index (χ4n) is 3.28. The molecule has 134 valence electrons. The fourth-order valence-corrected chi connectivity index (χ4v) is 3.28. The van der Waals surface area contributed by atoms with Gasteiger partial charge in [0.05, 0.1) is 7.11 Å². The number of rotatable bonds is 4. The summed E-state index contributed by atoms with van der Waals surface area (Å²) in [6.07, 6.45) is 7.05. The van der Waals surface area contributed by atoms with Crippen LogP contribution < -0.4 is 10.1 Å². The van der Waals surface area contributed by atoms with Crippen LogP contribution in [-0.4, -0.2) is 18.0 Å². The van der Waals surface area contributed by atoms with Crippen molar-refractivity contribution in [2.24, 2.45) is 0 Å². The zero-order chi connectivity index (χ0) is 18.6. The van der Waals surface area contributed by atoms with Crippen LogP contribution in [-0.2, 0) is 11.2 Å². The molecule has 2 heterocycles. The molecule has 1 aromatic heterocycles. The number of benzene rings is 2. The number of carbonyl (C=O) groups excluding carboxylic acids is 1. The number of pyridine rings is 1. The van der Waals surface area contributed by atoms with Crippen LogP contribution in [0.1, 0.15) is 28.7 Å². The lowest BCUT2D eigenvalue weighted by Crippen LogP contribution is -2.18. The van der Waals surface area contributed by atoms with E-state index in [4.69, 9.17) is 4.74 Å². The van der Waals surface area contributed by atoms with Gasteiger partial charge in [0.1, 0.15) is 5.75 Å². The van der Waals surface area contributed by atoms with Crippen LogP contribution in [0, 0.1) is 0 Å². The lowest BCUT2D eigenvalue weighted by Gasteiger charge is -2.19. The molecule has 4 nitrogen and oxygen atoms in total. The molecule has 1 aliphatic rings. The summed E-state index contributed by atoms with van der Waals surface area (Å²) in [6, 6.07) is 18.2. The Labute approximate surface area is 158 Å². The molecule has 1 aliphatic heterocycles. The molecule has 1 N–H and O–H groups in total. The molecular formula is C23H20N2O2. The Morgan fingerprint density at radius 2 is 1.89 bits per heavy atom. The van der Waals surface area contributed by atoms with E-state index in [9.17, 15) is 4.79 Å². The number of aromatic nitrogens is 1. The average Bonchev–Trinajstić information content (AvgIpc) is 2.72. The summed E-state index contributed by atoms with van der Waals surface area (Å²) in [5, 5.41) is 2.95. The van der Waals surface area contributed by atoms with E-state index in [1.807, 2.05) is 36.5 Å². The second kappa shape index (κ2) is 7.46. The van der Waals surface area contributed by atoms with Gasteiger partial charge in [-0.15, -0.1) is 0 Å². The molecule has 0 aliphatic carbocycles. The summed E-state index contributed by atoms with van der Waals surface area (Å²) in [7, 11) is 1.67. The van der Waals surface area contributed by atoms with Crippen molar-refractivity contribution in [2.75, 3.05) is 12.4 Å². The summed E-state index contributed by atoms with van der Waals surface area (Å²) in [5.41, 5.74) is 6.42. The molecule has 1 amide bonds. The van der Waals surface area contributed by atoms with E-state index < -0.39 is 0 Å². The lowest BCUT2D eigenvalue weighted by molar-refractivity contribution is -0.116. The maximum atomic E-state index is 11.6. The van der Waals surface area contributed by atoms with Crippen molar-refractivity contribution < 1.29 is 9.53 Å². The van der Waals surface area contributed by atoms with E-state index >= 15 is 0 Å². The summed E-state index contributed by atoms with van der Waals surface area (Å²) in [4.78, 5) is 15.8. The number of nitrogens with one attached hydrogen (secondary N) is 1. The molecule has 3 aromatic rings. The van der Waals surface area contributed by atoms with Gasteiger partial charge in [0.15, 0.2) is 0 Å². The number of fused-ring (bicyclic) bond motifs is 1. The molecule has 4 rings (SSSR count). The third kappa shape index (κ3) is 3.75. The molecule has 2 aromatic carbocycles. The number of methoxy groups -OCH3 is 1. The number of ether oxygens (including phenoxy) is 1. The average molecular weight is 356 g/mol. The van der Waals surface area contributed by atoms with E-state index in [0.717, 1.165) is 45.7 Å². The summed E-state index contributed by atoms with van der Waals surface area (Å²) in [5.74, 6) is 0.907. The number of hydrogen-bond acceptors (Lipinski definition) is 3. The van der Waals surface area contributed by atoms with Crippen LogP contribution in [0.5, 0.6) is 5.75 Å². The van der Waals surface area contributed by atoms with Crippen molar-refractivity contribution >= 4 is 23.2 Å². The van der Waals surface area contributed by atoms with Gasteiger partial charge in [-0.25, -0.2) is 0 Å². The molecule has 0 unspecified atom stereocenters. The first-order valence-electron chi connectivity index (χ1n) is 8.92. The molecular weight excluding hydrogens is 336 g/mol. The van der Waals surface area contributed by atoms with Crippen LogP contribution in [0.3, 0.4) is 0 Å². The second-order valence-corrected chi connectivity index (χ2v) is 6.49. The normalized spacial score (nSPS) is 13.7. The van der Waals surface area contributed by atoms with Gasteiger partial charge in [-0.2, -0.15) is 0 Å². The molecule has 0 bridgehead atoms. The highest BCUT2D eigenvalue weighted by molar-refractivity contribution is 5.96. The van der Waals surface area contributed by atoms with Crippen LogP contribution in [0.4, 0.5) is 5.69 Å². The predicted octanol–water partition coefficient (Wildman–Crippen LogP) is 4.56. The Morgan fingerprint density at radius 3 is 2.63 bits per heavy atom. The highest BCUT2D eigenvalue weighted by Crippen LogP contribution is 2.32. The minimum atomic E-state index is 0.0801. The zero-order valence-electron chi connectivity index (χ0n) is 15.1. The van der Waals surface area contributed by atoms with Crippen LogP contribution in [0.15, 0.2) is 67.0 Å². The summed E-state index contributed by atoms with van der Waals surface area (Å²) >= 11 is 0. The zero-order valence-corrected chi connectivity index (χ0v) is 15.1.